The lowest BCUT2D eigenvalue weighted by Crippen LogP contribution is -2.43. The molecule has 1 aromatic rings. The molecule has 8 atom stereocenters. The van der Waals surface area contributed by atoms with Crippen LogP contribution in [0.5, 0.6) is 0 Å². The van der Waals surface area contributed by atoms with Gasteiger partial charge in [-0.15, -0.1) is 0 Å². The maximum atomic E-state index is 13.7. The van der Waals surface area contributed by atoms with E-state index >= 15 is 0 Å². The van der Waals surface area contributed by atoms with E-state index in [4.69, 9.17) is 37.0 Å². The Balaban J connectivity index is 3.04. The van der Waals surface area contributed by atoms with Crippen LogP contribution in [0.25, 0.3) is 0 Å². The second kappa shape index (κ2) is 69.3. The third-order valence-corrected chi connectivity index (χ3v) is 20.4. The third kappa shape index (κ3) is 60.3. The van der Waals surface area contributed by atoms with E-state index in [-0.39, 0.29) is 88.3 Å². The van der Waals surface area contributed by atoms with Crippen LogP contribution in [0.1, 0.15) is 345 Å². The molecule has 0 aliphatic rings. The Morgan fingerprint density at radius 3 is 1.05 bits per heavy atom. The largest absolute Gasteiger partial charge is 0.472 e. The van der Waals surface area contributed by atoms with Gasteiger partial charge in [0.25, 0.3) is 11.8 Å². The van der Waals surface area contributed by atoms with Crippen LogP contribution < -0.4 is 21.3 Å². The highest BCUT2D eigenvalue weighted by Gasteiger charge is 2.29. The van der Waals surface area contributed by atoms with E-state index in [1.165, 1.54) is 62.8 Å². The number of esters is 2. The molecule has 26 heteroatoms. The maximum Gasteiger partial charge on any atom is 0.472 e. The number of benzene rings is 1. The van der Waals surface area contributed by atoms with E-state index < -0.39 is 102 Å². The van der Waals surface area contributed by atoms with Gasteiger partial charge in [0.05, 0.1) is 87.9 Å². The molecule has 0 saturated carbocycles. The molecule has 0 radical (unpaired) electrons. The van der Waals surface area contributed by atoms with E-state index in [2.05, 4.69) is 87.1 Å². The number of carbonyl (C=O) groups excluding carboxylic acids is 6. The van der Waals surface area contributed by atoms with Gasteiger partial charge in [-0.25, -0.2) is 9.13 Å². The lowest BCUT2D eigenvalue weighted by Gasteiger charge is -2.23. The lowest BCUT2D eigenvalue weighted by molar-refractivity contribution is -0.152. The molecule has 1 rings (SSSR count). The Morgan fingerprint density at radius 1 is 0.389 bits per heavy atom. The summed E-state index contributed by atoms with van der Waals surface area (Å²) in [7, 11) is -9.68. The minimum absolute atomic E-state index is 0.0752. The summed E-state index contributed by atoms with van der Waals surface area (Å²) in [5.41, 5.74) is -0.150. The monoisotopic (exact) mass is 1570 g/mol. The third-order valence-electron chi connectivity index (χ3n) is 18.4. The minimum atomic E-state index is -4.84. The van der Waals surface area contributed by atoms with Crippen molar-refractivity contribution in [3.63, 3.8) is 0 Å². The number of unbranched alkanes of at least 4 members (excludes halogenated alkanes) is 26. The molecule has 4 unspecified atom stereocenters. The molecule has 0 heterocycles. The van der Waals surface area contributed by atoms with Gasteiger partial charge in [0.1, 0.15) is 12.2 Å². The predicted octanol–water partition coefficient (Wildman–Crippen LogP) is 17.4. The number of phosphoric acid groups is 2. The van der Waals surface area contributed by atoms with Crippen molar-refractivity contribution < 1.29 is 94.9 Å². The molecule has 0 saturated heterocycles. The van der Waals surface area contributed by atoms with Gasteiger partial charge in [-0.1, -0.05) is 232 Å². The van der Waals surface area contributed by atoms with Crippen molar-refractivity contribution in [1.29, 1.82) is 0 Å². The molecule has 4 amide bonds. The summed E-state index contributed by atoms with van der Waals surface area (Å²) < 4.78 is 71.3. The highest BCUT2D eigenvalue weighted by Crippen LogP contribution is 2.44. The maximum absolute atomic E-state index is 13.7. The number of nitrogens with one attached hydrogen (secondary N) is 4. The first-order valence-corrected chi connectivity index (χ1v) is 44.9. The van der Waals surface area contributed by atoms with Crippen LogP contribution in [0.2, 0.25) is 0 Å². The number of allylic oxidation sites excluding steroid dienone is 4. The van der Waals surface area contributed by atoms with Crippen LogP contribution >= 0.6 is 15.6 Å². The van der Waals surface area contributed by atoms with Crippen molar-refractivity contribution in [2.24, 2.45) is 0 Å². The number of amides is 4. The highest BCUT2D eigenvalue weighted by atomic mass is 31.2. The van der Waals surface area contributed by atoms with Crippen LogP contribution in [0, 0.1) is 0 Å². The summed E-state index contributed by atoms with van der Waals surface area (Å²) in [4.78, 5) is 102. The molecule has 8 N–H and O–H groups in total. The highest BCUT2D eigenvalue weighted by molar-refractivity contribution is 7.47. The Labute approximate surface area is 650 Å². The van der Waals surface area contributed by atoms with Crippen molar-refractivity contribution in [2.45, 2.75) is 361 Å². The summed E-state index contributed by atoms with van der Waals surface area (Å²) in [6.45, 7) is 10.2. The van der Waals surface area contributed by atoms with E-state index in [0.29, 0.717) is 51.4 Å². The number of carbonyl (C=O) groups is 6. The number of aliphatic hydroxyl groups excluding tert-OH is 2. The molecule has 24 nitrogen and oxygen atoms in total. The quantitative estimate of drug-likeness (QED) is 0.0130. The van der Waals surface area contributed by atoms with Gasteiger partial charge in [-0.05, 0) is 115 Å². The molecular formula is C82H148N4O20P2. The Morgan fingerprint density at radius 2 is 0.704 bits per heavy atom. The van der Waals surface area contributed by atoms with Crippen molar-refractivity contribution in [3.8, 4) is 0 Å². The summed E-state index contributed by atoms with van der Waals surface area (Å²) in [6, 6.07) is 3.89. The van der Waals surface area contributed by atoms with Crippen LogP contribution in [-0.2, 0) is 65.4 Å². The van der Waals surface area contributed by atoms with Gasteiger partial charge in [0.15, 0.2) is 0 Å². The zero-order valence-corrected chi connectivity index (χ0v) is 69.3. The van der Waals surface area contributed by atoms with E-state index in [9.17, 15) is 57.9 Å². The predicted molar refractivity (Wildman–Crippen MR) is 427 cm³/mol. The molecule has 0 aromatic heterocycles. The average Bonchev–Trinajstić information content (AvgIpc) is 0.843. The molecule has 0 aliphatic carbocycles. The van der Waals surface area contributed by atoms with Gasteiger partial charge in [-0.2, -0.15) is 0 Å². The smallest absolute Gasteiger partial charge is 0.462 e. The lowest BCUT2D eigenvalue weighted by atomic mass is 10.1. The standard InChI is InChI=1S/C82H148N4O20P2/c1-7-13-19-25-27-29-31-37-43-53-79(91)105-73(49-41-35-23-17-11-5)63-77(89)85-69(65-99-59-55-71(87)47-39-33-21-15-9-3)67-103-107(95,96)101-61-57-83-81(93)75-51-45-46-52-76(75)82(94)84-58-62-102-108(97,98)104-68-70(66-100-60-56-72(88)48-40-34-22-16-10-4)86-78(90)64-74(50-42-36-24-18-12-6)106-80(92)54-44-38-32-30-28-26-20-14-8-2/h29-32,45-46,51-52,69-74,87-88H,7-28,33-44,47-50,53-68H2,1-6H3,(H,83,93)(H,84,94)(H,85,89)(H,86,90)(H,95,96)(H,97,98)/b31-29+,32-30+/t69?,70?,71-,72-,73-,74-/m1/s1. The first-order chi connectivity index (χ1) is 52.2. The fraction of sp³-hybridized carbons (Fsp3) is 0.805. The van der Waals surface area contributed by atoms with Crippen LogP contribution in [-0.4, -0.2) is 158 Å². The number of rotatable bonds is 76. The molecule has 0 bridgehead atoms. The zero-order chi connectivity index (χ0) is 79.4. The van der Waals surface area contributed by atoms with Gasteiger partial charge in [0.2, 0.25) is 11.8 Å². The topological polar surface area (TPSA) is 339 Å². The molecular weight excluding hydrogens is 1420 g/mol. The van der Waals surface area contributed by atoms with Gasteiger partial charge < -0.3 is 60.2 Å². The molecule has 0 spiro atoms. The molecule has 626 valence electrons. The Kier molecular flexibility index (Phi) is 65.2. The van der Waals surface area contributed by atoms with Crippen LogP contribution in [0.3, 0.4) is 0 Å². The van der Waals surface area contributed by atoms with Gasteiger partial charge in [-0.3, -0.25) is 46.9 Å². The number of aliphatic hydroxyl groups is 2. The fourth-order valence-corrected chi connectivity index (χ4v) is 13.5. The number of hydrogen-bond donors (Lipinski definition) is 8. The molecule has 0 aliphatic heterocycles. The van der Waals surface area contributed by atoms with Crippen molar-refractivity contribution in [1.82, 2.24) is 21.3 Å². The van der Waals surface area contributed by atoms with Gasteiger partial charge in [0, 0.05) is 39.1 Å². The normalized spacial score (nSPS) is 14.5. The Hall–Kier alpha value is -4.42. The minimum Gasteiger partial charge on any atom is -0.462 e. The first kappa shape index (κ1) is 102. The Bertz CT molecular complexity index is 2430. The van der Waals surface area contributed by atoms with Crippen LogP contribution in [0.15, 0.2) is 48.6 Å². The molecule has 108 heavy (non-hydrogen) atoms. The van der Waals surface area contributed by atoms with E-state index in [1.54, 1.807) is 0 Å². The summed E-state index contributed by atoms with van der Waals surface area (Å²) in [5.74, 6) is -3.22. The van der Waals surface area contributed by atoms with Crippen LogP contribution in [0.4, 0.5) is 0 Å². The first-order valence-electron chi connectivity index (χ1n) is 41.9. The van der Waals surface area contributed by atoms with Crippen molar-refractivity contribution in [2.75, 3.05) is 65.9 Å². The fourth-order valence-electron chi connectivity index (χ4n) is 12.0. The molecule has 1 aromatic carbocycles. The SMILES string of the molecule is CCCCCC/C=C/CCCC(=O)O[C@H](CCCCCCC)CC(=O)NC(COCC[C@H](O)CCCCCCC)COP(=O)(O)OCCNC(=O)c1ccccc1C(=O)NCCOP(=O)(O)OCC(COCC[C@H](O)CCCCCCC)NC(=O)C[C@@H](CCCCCCC)OC(=O)CCC/C=C/CCCCCC. The van der Waals surface area contributed by atoms with Crippen molar-refractivity contribution >= 4 is 51.2 Å². The summed E-state index contributed by atoms with van der Waals surface area (Å²) in [5, 5.41) is 32.0. The van der Waals surface area contributed by atoms with Crippen molar-refractivity contribution in [3.05, 3.63) is 59.7 Å². The zero-order valence-electron chi connectivity index (χ0n) is 67.5. The summed E-state index contributed by atoms with van der Waals surface area (Å²) in [6.07, 6.45) is 43.3. The van der Waals surface area contributed by atoms with E-state index in [1.807, 2.05) is 0 Å². The number of phosphoric ester groups is 2. The number of ether oxygens (including phenoxy) is 4. The van der Waals surface area contributed by atoms with Gasteiger partial charge >= 0.3 is 27.6 Å². The second-order valence-electron chi connectivity index (χ2n) is 28.7. The summed E-state index contributed by atoms with van der Waals surface area (Å²) >= 11 is 0. The second-order valence-corrected chi connectivity index (χ2v) is 31.6. The van der Waals surface area contributed by atoms with E-state index in [0.717, 1.165) is 167 Å². The number of hydrogen-bond acceptors (Lipinski definition) is 18. The average molecular weight is 1570 g/mol. The molecule has 0 fully saturated rings.